The smallest absolute Gasteiger partial charge is 0.387 e. The Balaban J connectivity index is 1.52. The second-order valence-electron chi connectivity index (χ2n) is 6.38. The van der Waals surface area contributed by atoms with Crippen molar-refractivity contribution in [2.24, 2.45) is 0 Å². The van der Waals surface area contributed by atoms with Gasteiger partial charge in [0.25, 0.3) is 11.8 Å². The molecule has 1 fully saturated rings. The predicted molar refractivity (Wildman–Crippen MR) is 97.1 cm³/mol. The molecule has 0 radical (unpaired) electrons. The third kappa shape index (κ3) is 3.56. The summed E-state index contributed by atoms with van der Waals surface area (Å²) in [6, 6.07) is 6.70. The van der Waals surface area contributed by atoms with E-state index in [1.807, 2.05) is 16.8 Å². The van der Waals surface area contributed by atoms with Gasteiger partial charge in [-0.2, -0.15) is 25.1 Å². The van der Waals surface area contributed by atoms with Crippen LogP contribution in [0.1, 0.15) is 18.3 Å². The maximum Gasteiger partial charge on any atom is 0.387 e. The highest BCUT2D eigenvalue weighted by atomic mass is 32.1. The van der Waals surface area contributed by atoms with Crippen LogP contribution in [0.15, 0.2) is 45.6 Å². The summed E-state index contributed by atoms with van der Waals surface area (Å²) in [5, 5.41) is 10.1. The Morgan fingerprint density at radius 2 is 2.03 bits per heavy atom. The highest BCUT2D eigenvalue weighted by Crippen LogP contribution is 2.31. The van der Waals surface area contributed by atoms with Crippen LogP contribution in [-0.4, -0.2) is 33.6 Å². The second kappa shape index (κ2) is 7.24. The molecule has 1 atom stereocenters. The van der Waals surface area contributed by atoms with Crippen LogP contribution in [-0.2, 0) is 16.9 Å². The first-order valence-electron chi connectivity index (χ1n) is 8.41. The molecular formula is C18H14F2N4O4S. The number of carbonyl (C=O) groups is 2. The van der Waals surface area contributed by atoms with E-state index in [-0.39, 0.29) is 18.1 Å². The van der Waals surface area contributed by atoms with E-state index in [1.54, 1.807) is 0 Å². The van der Waals surface area contributed by atoms with Crippen LogP contribution in [0.4, 0.5) is 13.6 Å². The van der Waals surface area contributed by atoms with E-state index in [2.05, 4.69) is 20.2 Å². The highest BCUT2D eigenvalue weighted by Gasteiger charge is 2.49. The predicted octanol–water partition coefficient (Wildman–Crippen LogP) is 3.37. The lowest BCUT2D eigenvalue weighted by Gasteiger charge is -2.22. The number of carbonyl (C=O) groups excluding carboxylic acids is 2. The Morgan fingerprint density at radius 3 is 2.69 bits per heavy atom. The fourth-order valence-corrected chi connectivity index (χ4v) is 3.60. The number of nitrogens with zero attached hydrogens (tertiary/aromatic N) is 3. The normalized spacial score (nSPS) is 19.1. The molecule has 3 aromatic rings. The maximum atomic E-state index is 12.9. The van der Waals surface area contributed by atoms with E-state index in [0.717, 1.165) is 10.5 Å². The number of benzene rings is 1. The number of nitrogens with one attached hydrogen (secondary N) is 1. The number of urea groups is 1. The van der Waals surface area contributed by atoms with Gasteiger partial charge in [0.05, 0.1) is 12.1 Å². The van der Waals surface area contributed by atoms with Gasteiger partial charge in [0.15, 0.2) is 5.82 Å². The number of amides is 3. The molecule has 0 spiro atoms. The Morgan fingerprint density at radius 1 is 1.28 bits per heavy atom. The lowest BCUT2D eigenvalue weighted by atomic mass is 9.92. The van der Waals surface area contributed by atoms with Crippen molar-refractivity contribution in [3.8, 4) is 17.2 Å². The molecule has 1 aliphatic heterocycles. The largest absolute Gasteiger partial charge is 0.435 e. The van der Waals surface area contributed by atoms with Crippen molar-refractivity contribution < 1.29 is 27.6 Å². The average molecular weight is 420 g/mol. The van der Waals surface area contributed by atoms with E-state index in [1.165, 1.54) is 42.5 Å². The first-order valence-corrected chi connectivity index (χ1v) is 9.36. The fourth-order valence-electron chi connectivity index (χ4n) is 2.97. The SMILES string of the molecule is CC1(c2ccc(OC(F)F)cc2)NC(=O)N(Cc2noc(-c3ccsc3)n2)C1=O. The van der Waals surface area contributed by atoms with E-state index < -0.39 is 24.1 Å². The summed E-state index contributed by atoms with van der Waals surface area (Å²) < 4.78 is 34.1. The molecule has 8 nitrogen and oxygen atoms in total. The van der Waals surface area contributed by atoms with E-state index >= 15 is 0 Å². The fraction of sp³-hybridized carbons (Fsp3) is 0.222. The topological polar surface area (TPSA) is 97.6 Å². The summed E-state index contributed by atoms with van der Waals surface area (Å²) in [4.78, 5) is 30.5. The number of thiophene rings is 1. The van der Waals surface area contributed by atoms with Crippen LogP contribution >= 0.6 is 11.3 Å². The summed E-state index contributed by atoms with van der Waals surface area (Å²) >= 11 is 1.47. The Labute approximate surface area is 167 Å². The van der Waals surface area contributed by atoms with Gasteiger partial charge in [-0.3, -0.25) is 9.69 Å². The summed E-state index contributed by atoms with van der Waals surface area (Å²) in [5.74, 6) is -0.0917. The number of halogens is 2. The summed E-state index contributed by atoms with van der Waals surface area (Å²) in [5.41, 5.74) is -0.186. The van der Waals surface area contributed by atoms with Crippen molar-refractivity contribution in [2.45, 2.75) is 25.6 Å². The van der Waals surface area contributed by atoms with Gasteiger partial charge in [0, 0.05) is 5.38 Å². The van der Waals surface area contributed by atoms with Crippen molar-refractivity contribution in [1.82, 2.24) is 20.4 Å². The number of rotatable bonds is 6. The molecule has 4 rings (SSSR count). The van der Waals surface area contributed by atoms with Crippen molar-refractivity contribution in [2.75, 3.05) is 0 Å². The molecule has 1 unspecified atom stereocenters. The van der Waals surface area contributed by atoms with Gasteiger partial charge < -0.3 is 14.6 Å². The van der Waals surface area contributed by atoms with Crippen molar-refractivity contribution in [3.63, 3.8) is 0 Å². The third-order valence-corrected chi connectivity index (χ3v) is 5.15. The summed E-state index contributed by atoms with van der Waals surface area (Å²) in [6.45, 7) is -1.59. The van der Waals surface area contributed by atoms with Crippen LogP contribution in [0.2, 0.25) is 0 Å². The molecule has 0 saturated carbocycles. The number of hydrogen-bond donors (Lipinski definition) is 1. The van der Waals surface area contributed by atoms with Gasteiger partial charge in [-0.05, 0) is 36.1 Å². The zero-order valence-corrected chi connectivity index (χ0v) is 15.8. The number of ether oxygens (including phenoxy) is 1. The molecular weight excluding hydrogens is 406 g/mol. The highest BCUT2D eigenvalue weighted by molar-refractivity contribution is 7.08. The summed E-state index contributed by atoms with van der Waals surface area (Å²) in [7, 11) is 0. The van der Waals surface area contributed by atoms with Gasteiger partial charge in [0.2, 0.25) is 0 Å². The lowest BCUT2D eigenvalue weighted by molar-refractivity contribution is -0.131. The van der Waals surface area contributed by atoms with Crippen LogP contribution in [0.3, 0.4) is 0 Å². The van der Waals surface area contributed by atoms with Crippen LogP contribution in [0.25, 0.3) is 11.5 Å². The number of alkyl halides is 2. The number of aromatic nitrogens is 2. The first kappa shape index (κ1) is 19.0. The standard InChI is InChI=1S/C18H14F2N4O4S/c1-18(11-2-4-12(5-3-11)27-16(19)20)15(25)24(17(26)22-18)8-13-21-14(28-23-13)10-6-7-29-9-10/h2-7,9,16H,8H2,1H3,(H,22,26). The maximum absolute atomic E-state index is 12.9. The monoisotopic (exact) mass is 420 g/mol. The molecule has 0 bridgehead atoms. The third-order valence-electron chi connectivity index (χ3n) is 4.47. The van der Waals surface area contributed by atoms with E-state index in [0.29, 0.717) is 11.5 Å². The van der Waals surface area contributed by atoms with Gasteiger partial charge in [-0.15, -0.1) is 0 Å². The molecule has 11 heteroatoms. The molecule has 3 amide bonds. The molecule has 3 heterocycles. The molecule has 1 saturated heterocycles. The zero-order valence-electron chi connectivity index (χ0n) is 15.0. The van der Waals surface area contributed by atoms with Gasteiger partial charge in [-0.1, -0.05) is 17.3 Å². The molecule has 1 aliphatic rings. The quantitative estimate of drug-likeness (QED) is 0.614. The van der Waals surface area contributed by atoms with E-state index in [4.69, 9.17) is 4.52 Å². The number of imide groups is 1. The van der Waals surface area contributed by atoms with Gasteiger partial charge in [-0.25, -0.2) is 4.79 Å². The Hall–Kier alpha value is -3.34. The van der Waals surface area contributed by atoms with Gasteiger partial charge >= 0.3 is 12.6 Å². The lowest BCUT2D eigenvalue weighted by Crippen LogP contribution is -2.40. The molecule has 0 aliphatic carbocycles. The first-order chi connectivity index (χ1) is 13.9. The van der Waals surface area contributed by atoms with Crippen LogP contribution < -0.4 is 10.1 Å². The minimum atomic E-state index is -2.95. The molecule has 1 N–H and O–H groups in total. The van der Waals surface area contributed by atoms with Gasteiger partial charge in [0.1, 0.15) is 11.3 Å². The molecule has 1 aromatic carbocycles. The van der Waals surface area contributed by atoms with E-state index in [9.17, 15) is 18.4 Å². The minimum Gasteiger partial charge on any atom is -0.435 e. The Bertz CT molecular complexity index is 1040. The summed E-state index contributed by atoms with van der Waals surface area (Å²) in [6.07, 6.45) is 0. The second-order valence-corrected chi connectivity index (χ2v) is 7.16. The average Bonchev–Trinajstić information content (AvgIpc) is 3.40. The molecule has 29 heavy (non-hydrogen) atoms. The minimum absolute atomic E-state index is 0.0475. The van der Waals surface area contributed by atoms with Crippen molar-refractivity contribution in [1.29, 1.82) is 0 Å². The molecule has 150 valence electrons. The zero-order chi connectivity index (χ0) is 20.6. The van der Waals surface area contributed by atoms with Crippen molar-refractivity contribution in [3.05, 3.63) is 52.5 Å². The number of hydrogen-bond acceptors (Lipinski definition) is 7. The van der Waals surface area contributed by atoms with Crippen molar-refractivity contribution >= 4 is 23.3 Å². The molecule has 2 aromatic heterocycles. The van der Waals surface area contributed by atoms with Crippen LogP contribution in [0, 0.1) is 0 Å². The van der Waals surface area contributed by atoms with Crippen LogP contribution in [0.5, 0.6) is 5.75 Å². The Kier molecular flexibility index (Phi) is 4.74.